The molecule has 0 aliphatic carbocycles. The van der Waals surface area contributed by atoms with Crippen LogP contribution in [0.15, 0.2) is 52.6 Å². The van der Waals surface area contributed by atoms with Crippen molar-refractivity contribution in [3.63, 3.8) is 0 Å². The molecule has 0 amide bonds. The molecule has 0 saturated heterocycles. The number of halogens is 2. The van der Waals surface area contributed by atoms with Gasteiger partial charge in [-0.2, -0.15) is 0 Å². The first-order valence-electron chi connectivity index (χ1n) is 9.28. The van der Waals surface area contributed by atoms with Crippen LogP contribution in [0.25, 0.3) is 0 Å². The number of aliphatic hydroxyl groups excluding tert-OH is 1. The van der Waals surface area contributed by atoms with Crippen LogP contribution in [-0.4, -0.2) is 32.9 Å². The summed E-state index contributed by atoms with van der Waals surface area (Å²) in [5, 5.41) is 9.82. The molecule has 2 aromatic heterocycles. The van der Waals surface area contributed by atoms with Gasteiger partial charge in [-0.3, -0.25) is 4.98 Å². The third-order valence-corrected chi connectivity index (χ3v) is 5.27. The molecule has 0 saturated carbocycles. The van der Waals surface area contributed by atoms with E-state index in [0.29, 0.717) is 17.3 Å². The van der Waals surface area contributed by atoms with Crippen LogP contribution >= 0.6 is 11.8 Å². The second kappa shape index (κ2) is 9.96. The number of aromatic nitrogens is 3. The van der Waals surface area contributed by atoms with Crippen LogP contribution in [0.4, 0.5) is 8.78 Å². The molecule has 1 N–H and O–H groups in total. The first-order valence-corrected chi connectivity index (χ1v) is 10.1. The Kier molecular flexibility index (Phi) is 7.35. The molecule has 3 rings (SSSR count). The van der Waals surface area contributed by atoms with Gasteiger partial charge in [-0.1, -0.05) is 25.6 Å². The van der Waals surface area contributed by atoms with Gasteiger partial charge in [0.25, 0.3) is 0 Å². The highest BCUT2D eigenvalue weighted by Gasteiger charge is 2.21. The van der Waals surface area contributed by atoms with E-state index in [1.54, 1.807) is 12.4 Å². The molecular formula is C21H23F2N3O2S. The van der Waals surface area contributed by atoms with Crippen molar-refractivity contribution >= 4 is 11.8 Å². The number of imidazole rings is 1. The lowest BCUT2D eigenvalue weighted by Gasteiger charge is -2.14. The largest absolute Gasteiger partial charge is 0.394 e. The van der Waals surface area contributed by atoms with Gasteiger partial charge in [-0.05, 0) is 35.7 Å². The van der Waals surface area contributed by atoms with Gasteiger partial charge in [-0.25, -0.2) is 13.8 Å². The minimum atomic E-state index is -0.620. The zero-order chi connectivity index (χ0) is 20.8. The van der Waals surface area contributed by atoms with E-state index in [4.69, 9.17) is 14.8 Å². The van der Waals surface area contributed by atoms with Gasteiger partial charge >= 0.3 is 0 Å². The summed E-state index contributed by atoms with van der Waals surface area (Å²) in [6.45, 7) is 4.91. The van der Waals surface area contributed by atoms with Crippen LogP contribution in [0.3, 0.4) is 0 Å². The molecule has 29 heavy (non-hydrogen) atoms. The number of hydrogen-bond donors (Lipinski definition) is 1. The van der Waals surface area contributed by atoms with Gasteiger partial charge in [-0.15, -0.1) is 0 Å². The quantitative estimate of drug-likeness (QED) is 0.522. The summed E-state index contributed by atoms with van der Waals surface area (Å²) in [6.07, 6.45) is 3.43. The number of benzene rings is 1. The Morgan fingerprint density at radius 1 is 1.14 bits per heavy atom. The Morgan fingerprint density at radius 3 is 2.45 bits per heavy atom. The number of nitrogens with zero attached hydrogens (tertiary/aromatic N) is 3. The molecule has 0 fully saturated rings. The molecule has 8 heteroatoms. The average molecular weight is 419 g/mol. The topological polar surface area (TPSA) is 60.2 Å². The van der Waals surface area contributed by atoms with E-state index in [1.165, 1.54) is 23.9 Å². The predicted molar refractivity (Wildman–Crippen MR) is 107 cm³/mol. The van der Waals surface area contributed by atoms with Crippen molar-refractivity contribution in [3.05, 3.63) is 71.4 Å². The molecule has 0 unspecified atom stereocenters. The van der Waals surface area contributed by atoms with Crippen molar-refractivity contribution in [3.8, 4) is 0 Å². The zero-order valence-electron chi connectivity index (χ0n) is 16.3. The molecular weight excluding hydrogens is 396 g/mol. The third kappa shape index (κ3) is 5.62. The Labute approximate surface area is 172 Å². The monoisotopic (exact) mass is 419 g/mol. The molecule has 2 heterocycles. The lowest BCUT2D eigenvalue weighted by Crippen LogP contribution is -2.09. The SMILES string of the molecule is CC(C)c1nc(COCCO)n(Cc2ccncc2)c1Sc1cc(F)cc(F)c1. The molecule has 154 valence electrons. The van der Waals surface area contributed by atoms with Crippen LogP contribution < -0.4 is 0 Å². The number of pyridine rings is 1. The van der Waals surface area contributed by atoms with Gasteiger partial charge in [0.2, 0.25) is 0 Å². The second-order valence-electron chi connectivity index (χ2n) is 6.80. The van der Waals surface area contributed by atoms with Gasteiger partial charge in [0.05, 0.1) is 25.5 Å². The Morgan fingerprint density at radius 2 is 1.83 bits per heavy atom. The van der Waals surface area contributed by atoms with E-state index in [-0.39, 0.29) is 25.7 Å². The summed E-state index contributed by atoms with van der Waals surface area (Å²) >= 11 is 1.28. The maximum absolute atomic E-state index is 13.7. The van der Waals surface area contributed by atoms with E-state index in [0.717, 1.165) is 22.3 Å². The number of hydrogen-bond acceptors (Lipinski definition) is 5. The number of rotatable bonds is 9. The second-order valence-corrected chi connectivity index (χ2v) is 7.86. The highest BCUT2D eigenvalue weighted by Crippen LogP contribution is 2.36. The summed E-state index contributed by atoms with van der Waals surface area (Å²) in [4.78, 5) is 9.26. The van der Waals surface area contributed by atoms with Crippen molar-refractivity contribution in [1.82, 2.24) is 14.5 Å². The fraction of sp³-hybridized carbons (Fsp3) is 0.333. The Balaban J connectivity index is 2.04. The molecule has 5 nitrogen and oxygen atoms in total. The first-order chi connectivity index (χ1) is 14.0. The summed E-state index contributed by atoms with van der Waals surface area (Å²) < 4.78 is 34.9. The fourth-order valence-corrected chi connectivity index (χ4v) is 4.09. The molecule has 0 spiro atoms. The standard InChI is InChI=1S/C21H23F2N3O2S/c1-14(2)20-21(29-18-10-16(22)9-17(23)11-18)26(12-15-3-5-24-6-4-15)19(25-20)13-28-8-7-27/h3-6,9-11,14,27H,7-8,12-13H2,1-2H3. The van der Waals surface area contributed by atoms with E-state index < -0.39 is 11.6 Å². The van der Waals surface area contributed by atoms with Gasteiger partial charge in [0.15, 0.2) is 0 Å². The smallest absolute Gasteiger partial charge is 0.136 e. The number of ether oxygens (including phenoxy) is 1. The maximum atomic E-state index is 13.7. The van der Waals surface area contributed by atoms with Crippen molar-refractivity contribution in [1.29, 1.82) is 0 Å². The minimum absolute atomic E-state index is 0.0771. The minimum Gasteiger partial charge on any atom is -0.394 e. The van der Waals surface area contributed by atoms with Crippen molar-refractivity contribution in [2.45, 2.75) is 42.8 Å². The van der Waals surface area contributed by atoms with Crippen LogP contribution in [0, 0.1) is 11.6 Å². The summed E-state index contributed by atoms with van der Waals surface area (Å²) in [5.74, 6) is -0.444. The Bertz CT molecular complexity index is 928. The molecule has 1 aromatic carbocycles. The summed E-state index contributed by atoms with van der Waals surface area (Å²) in [7, 11) is 0. The lowest BCUT2D eigenvalue weighted by atomic mass is 10.1. The molecule has 0 radical (unpaired) electrons. The van der Waals surface area contributed by atoms with Crippen molar-refractivity contribution < 1.29 is 18.6 Å². The van der Waals surface area contributed by atoms with E-state index in [9.17, 15) is 8.78 Å². The zero-order valence-corrected chi connectivity index (χ0v) is 17.1. The van der Waals surface area contributed by atoms with Crippen molar-refractivity contribution in [2.75, 3.05) is 13.2 Å². The van der Waals surface area contributed by atoms with Gasteiger partial charge in [0, 0.05) is 23.4 Å². The molecule has 0 aliphatic heterocycles. The van der Waals surface area contributed by atoms with Crippen LogP contribution in [0.5, 0.6) is 0 Å². The van der Waals surface area contributed by atoms with E-state index in [1.807, 2.05) is 30.5 Å². The summed E-state index contributed by atoms with van der Waals surface area (Å²) in [6, 6.07) is 7.29. The predicted octanol–water partition coefficient (Wildman–Crippen LogP) is 4.39. The van der Waals surface area contributed by atoms with Crippen LogP contribution in [0.2, 0.25) is 0 Å². The third-order valence-electron chi connectivity index (χ3n) is 4.18. The summed E-state index contributed by atoms with van der Waals surface area (Å²) in [5.41, 5.74) is 1.85. The lowest BCUT2D eigenvalue weighted by molar-refractivity contribution is 0.0759. The maximum Gasteiger partial charge on any atom is 0.136 e. The Hall–Kier alpha value is -2.29. The normalized spacial score (nSPS) is 11.4. The molecule has 0 aliphatic rings. The highest BCUT2D eigenvalue weighted by atomic mass is 32.2. The first kappa shape index (κ1) is 21.4. The van der Waals surface area contributed by atoms with Gasteiger partial charge in [0.1, 0.15) is 29.1 Å². The molecule has 0 atom stereocenters. The van der Waals surface area contributed by atoms with E-state index in [2.05, 4.69) is 4.98 Å². The van der Waals surface area contributed by atoms with Crippen LogP contribution in [-0.2, 0) is 17.9 Å². The molecule has 3 aromatic rings. The average Bonchev–Trinajstić information content (AvgIpc) is 3.00. The number of aliphatic hydroxyl groups is 1. The fourth-order valence-electron chi connectivity index (χ4n) is 2.86. The van der Waals surface area contributed by atoms with Gasteiger partial charge < -0.3 is 14.4 Å². The van der Waals surface area contributed by atoms with Crippen LogP contribution in [0.1, 0.15) is 36.8 Å². The van der Waals surface area contributed by atoms with Crippen molar-refractivity contribution in [2.24, 2.45) is 0 Å². The highest BCUT2D eigenvalue weighted by molar-refractivity contribution is 7.99. The molecule has 0 bridgehead atoms. The van der Waals surface area contributed by atoms with E-state index >= 15 is 0 Å².